The molecule has 1 atom stereocenters. The molecule has 0 spiro atoms. The van der Waals surface area contributed by atoms with Crippen molar-refractivity contribution in [1.29, 1.82) is 0 Å². The zero-order valence-corrected chi connectivity index (χ0v) is 14.2. The smallest absolute Gasteiger partial charge is 0.331 e. The van der Waals surface area contributed by atoms with Gasteiger partial charge in [0.2, 0.25) is 5.88 Å². The highest BCUT2D eigenvalue weighted by Crippen LogP contribution is 2.29. The van der Waals surface area contributed by atoms with Gasteiger partial charge in [0.1, 0.15) is 0 Å². The van der Waals surface area contributed by atoms with Crippen molar-refractivity contribution in [3.8, 4) is 5.88 Å². The molecule has 1 aromatic carbocycles. The van der Waals surface area contributed by atoms with Crippen LogP contribution >= 0.6 is 12.6 Å². The van der Waals surface area contributed by atoms with E-state index in [-0.39, 0.29) is 23.7 Å². The molecular formula is C18H24N2O2S. The van der Waals surface area contributed by atoms with Gasteiger partial charge in [0.05, 0.1) is 12.2 Å². The molecule has 124 valence electrons. The standard InChI is InChI=1S/C18H24N2O2S/c21-17-12-19(15-9-5-2-6-10-15)18(22)20(17)16(13-23)11-14-7-3-1-4-8-14/h1,3-4,7-8,12,15-16,21,23H,2,5-6,9-11,13H2. The minimum Gasteiger partial charge on any atom is -0.493 e. The number of hydrogen-bond acceptors (Lipinski definition) is 3. The van der Waals surface area contributed by atoms with Crippen LogP contribution in [0.1, 0.15) is 49.8 Å². The normalized spacial score (nSPS) is 17.3. The molecule has 1 aliphatic carbocycles. The maximum atomic E-state index is 12.8. The fourth-order valence-corrected chi connectivity index (χ4v) is 3.84. The number of imidazole rings is 1. The van der Waals surface area contributed by atoms with Gasteiger partial charge in [-0.15, -0.1) is 0 Å². The van der Waals surface area contributed by atoms with Crippen LogP contribution in [0.25, 0.3) is 0 Å². The molecule has 0 radical (unpaired) electrons. The fraction of sp³-hybridized carbons (Fsp3) is 0.500. The lowest BCUT2D eigenvalue weighted by atomic mass is 9.95. The van der Waals surface area contributed by atoms with Crippen molar-refractivity contribution in [2.45, 2.75) is 50.6 Å². The SMILES string of the molecule is O=c1n(C2CCCCC2)cc(O)n1C(CS)Cc1ccccc1. The highest BCUT2D eigenvalue weighted by atomic mass is 32.1. The largest absolute Gasteiger partial charge is 0.493 e. The Balaban J connectivity index is 1.88. The minimum atomic E-state index is -0.141. The monoisotopic (exact) mass is 332 g/mol. The van der Waals surface area contributed by atoms with Crippen LogP contribution in [-0.2, 0) is 6.42 Å². The van der Waals surface area contributed by atoms with E-state index in [1.807, 2.05) is 30.3 Å². The Morgan fingerprint density at radius 1 is 1.17 bits per heavy atom. The third-order valence-corrected chi connectivity index (χ3v) is 5.21. The van der Waals surface area contributed by atoms with Gasteiger partial charge in [0.15, 0.2) is 0 Å². The van der Waals surface area contributed by atoms with Gasteiger partial charge >= 0.3 is 5.69 Å². The average molecular weight is 332 g/mol. The number of aromatic hydroxyl groups is 1. The van der Waals surface area contributed by atoms with Crippen LogP contribution in [0.4, 0.5) is 0 Å². The molecule has 0 amide bonds. The predicted octanol–water partition coefficient (Wildman–Crippen LogP) is 3.57. The number of nitrogens with zero attached hydrogens (tertiary/aromatic N) is 2. The van der Waals surface area contributed by atoms with Crippen molar-refractivity contribution in [1.82, 2.24) is 9.13 Å². The summed E-state index contributed by atoms with van der Waals surface area (Å²) in [6.45, 7) is 0. The van der Waals surface area contributed by atoms with Gasteiger partial charge in [-0.05, 0) is 24.8 Å². The molecule has 23 heavy (non-hydrogen) atoms. The summed E-state index contributed by atoms with van der Waals surface area (Å²) in [5, 5.41) is 10.3. The van der Waals surface area contributed by atoms with Crippen molar-refractivity contribution in [2.24, 2.45) is 0 Å². The van der Waals surface area contributed by atoms with Gasteiger partial charge in [-0.3, -0.25) is 9.13 Å². The number of thiol groups is 1. The van der Waals surface area contributed by atoms with Crippen LogP contribution in [-0.4, -0.2) is 20.0 Å². The second kappa shape index (κ2) is 7.30. The predicted molar refractivity (Wildman–Crippen MR) is 95.5 cm³/mol. The second-order valence-electron chi connectivity index (χ2n) is 6.37. The second-order valence-corrected chi connectivity index (χ2v) is 6.73. The summed E-state index contributed by atoms with van der Waals surface area (Å²) in [5.41, 5.74) is 1.03. The van der Waals surface area contributed by atoms with Crippen LogP contribution in [0.2, 0.25) is 0 Å². The Labute approximate surface area is 142 Å². The highest BCUT2D eigenvalue weighted by molar-refractivity contribution is 7.80. The number of hydrogen-bond donors (Lipinski definition) is 2. The summed E-state index contributed by atoms with van der Waals surface area (Å²) in [6.07, 6.45) is 7.89. The van der Waals surface area contributed by atoms with Gasteiger partial charge in [-0.25, -0.2) is 4.79 Å². The molecule has 1 aliphatic rings. The molecule has 3 rings (SSSR count). The molecule has 0 aliphatic heterocycles. The molecule has 1 fully saturated rings. The van der Waals surface area contributed by atoms with E-state index in [1.165, 1.54) is 11.0 Å². The highest BCUT2D eigenvalue weighted by Gasteiger charge is 2.24. The Morgan fingerprint density at radius 3 is 2.52 bits per heavy atom. The molecule has 1 heterocycles. The number of aromatic nitrogens is 2. The van der Waals surface area contributed by atoms with E-state index in [0.717, 1.165) is 31.2 Å². The lowest BCUT2D eigenvalue weighted by Gasteiger charge is -2.22. The molecule has 1 saturated carbocycles. The first kappa shape index (κ1) is 16.2. The van der Waals surface area contributed by atoms with Gasteiger partial charge in [-0.2, -0.15) is 12.6 Å². The third-order valence-electron chi connectivity index (χ3n) is 4.79. The van der Waals surface area contributed by atoms with E-state index in [9.17, 15) is 9.90 Å². The lowest BCUT2D eigenvalue weighted by molar-refractivity contribution is 0.341. The lowest BCUT2D eigenvalue weighted by Crippen LogP contribution is -2.31. The van der Waals surface area contributed by atoms with Crippen LogP contribution in [0.15, 0.2) is 41.3 Å². The topological polar surface area (TPSA) is 47.2 Å². The zero-order chi connectivity index (χ0) is 16.2. The van der Waals surface area contributed by atoms with Crippen molar-refractivity contribution >= 4 is 12.6 Å². The molecule has 0 saturated heterocycles. The van der Waals surface area contributed by atoms with E-state index >= 15 is 0 Å². The van der Waals surface area contributed by atoms with Crippen molar-refractivity contribution in [3.05, 3.63) is 52.6 Å². The Kier molecular flexibility index (Phi) is 5.16. The summed E-state index contributed by atoms with van der Waals surface area (Å²) in [5.74, 6) is 0.562. The summed E-state index contributed by atoms with van der Waals surface area (Å²) < 4.78 is 3.24. The van der Waals surface area contributed by atoms with E-state index < -0.39 is 0 Å². The van der Waals surface area contributed by atoms with E-state index in [4.69, 9.17) is 0 Å². The van der Waals surface area contributed by atoms with Crippen molar-refractivity contribution in [2.75, 3.05) is 5.75 Å². The van der Waals surface area contributed by atoms with E-state index in [2.05, 4.69) is 12.6 Å². The van der Waals surface area contributed by atoms with E-state index in [0.29, 0.717) is 12.2 Å². The molecule has 1 N–H and O–H groups in total. The van der Waals surface area contributed by atoms with Crippen molar-refractivity contribution < 1.29 is 5.11 Å². The van der Waals surface area contributed by atoms with Crippen LogP contribution in [0, 0.1) is 0 Å². The van der Waals surface area contributed by atoms with Gasteiger partial charge in [-0.1, -0.05) is 49.6 Å². The van der Waals surface area contributed by atoms with Gasteiger partial charge in [0, 0.05) is 11.8 Å². The first-order valence-corrected chi connectivity index (χ1v) is 9.01. The molecule has 5 heteroatoms. The first-order chi connectivity index (χ1) is 11.2. The van der Waals surface area contributed by atoms with Gasteiger partial charge in [0.25, 0.3) is 0 Å². The molecule has 2 aromatic rings. The van der Waals surface area contributed by atoms with Crippen molar-refractivity contribution in [3.63, 3.8) is 0 Å². The maximum absolute atomic E-state index is 12.8. The third kappa shape index (κ3) is 3.50. The average Bonchev–Trinajstić information content (AvgIpc) is 2.89. The Morgan fingerprint density at radius 2 is 1.87 bits per heavy atom. The number of benzene rings is 1. The van der Waals surface area contributed by atoms with E-state index in [1.54, 1.807) is 10.8 Å². The Bertz CT molecular complexity index is 687. The zero-order valence-electron chi connectivity index (χ0n) is 13.3. The Hall–Kier alpha value is -1.62. The van der Waals surface area contributed by atoms with Crippen LogP contribution in [0.3, 0.4) is 0 Å². The molecular weight excluding hydrogens is 308 g/mol. The summed E-state index contributed by atoms with van der Waals surface area (Å²) in [4.78, 5) is 12.8. The van der Waals surface area contributed by atoms with Crippen LogP contribution < -0.4 is 5.69 Å². The summed E-state index contributed by atoms with van der Waals surface area (Å²) in [7, 11) is 0. The molecule has 0 bridgehead atoms. The summed E-state index contributed by atoms with van der Waals surface area (Å²) in [6, 6.07) is 10.1. The number of rotatable bonds is 5. The molecule has 1 aromatic heterocycles. The molecule has 1 unspecified atom stereocenters. The first-order valence-electron chi connectivity index (χ1n) is 8.38. The fourth-order valence-electron chi connectivity index (χ4n) is 3.55. The molecule has 4 nitrogen and oxygen atoms in total. The van der Waals surface area contributed by atoms with Crippen LogP contribution in [0.5, 0.6) is 5.88 Å². The van der Waals surface area contributed by atoms with Gasteiger partial charge < -0.3 is 5.11 Å². The maximum Gasteiger partial charge on any atom is 0.331 e. The minimum absolute atomic E-state index is 0.0514. The summed E-state index contributed by atoms with van der Waals surface area (Å²) >= 11 is 4.41. The quantitative estimate of drug-likeness (QED) is 0.822.